The third-order valence-electron chi connectivity index (χ3n) is 2.90. The van der Waals surface area contributed by atoms with Gasteiger partial charge >= 0.3 is 5.97 Å². The number of benzene rings is 1. The number of hydrogen-bond donors (Lipinski definition) is 2. The Morgan fingerprint density at radius 2 is 2.24 bits per heavy atom. The highest BCUT2D eigenvalue weighted by Gasteiger charge is 2.09. The molecule has 0 saturated carbocycles. The smallest absolute Gasteiger partial charge is 0.303 e. The number of fused-ring (bicyclic) bond motifs is 1. The van der Waals surface area contributed by atoms with Crippen molar-refractivity contribution in [3.05, 3.63) is 35.3 Å². The second-order valence-corrected chi connectivity index (χ2v) is 4.17. The number of carbonyl (C=O) groups is 1. The molecule has 0 spiro atoms. The Bertz CT molecular complexity index is 560. The van der Waals surface area contributed by atoms with E-state index in [0.717, 1.165) is 22.2 Å². The third-order valence-corrected chi connectivity index (χ3v) is 2.90. The molecular formula is C13H14FNO2. The lowest BCUT2D eigenvalue weighted by atomic mass is 10.0. The molecule has 0 fully saturated rings. The molecule has 0 aliphatic carbocycles. The predicted molar refractivity (Wildman–Crippen MR) is 63.6 cm³/mol. The van der Waals surface area contributed by atoms with Gasteiger partial charge in [0.25, 0.3) is 0 Å². The van der Waals surface area contributed by atoms with Gasteiger partial charge in [-0.2, -0.15) is 0 Å². The topological polar surface area (TPSA) is 53.1 Å². The molecule has 2 aromatic rings. The van der Waals surface area contributed by atoms with Gasteiger partial charge in [0.1, 0.15) is 5.82 Å². The average Bonchev–Trinajstić information content (AvgIpc) is 2.55. The molecule has 0 saturated heterocycles. The van der Waals surface area contributed by atoms with Crippen molar-refractivity contribution in [3.63, 3.8) is 0 Å². The van der Waals surface area contributed by atoms with Gasteiger partial charge in [-0.05, 0) is 43.5 Å². The Kier molecular flexibility index (Phi) is 3.13. The van der Waals surface area contributed by atoms with Gasteiger partial charge in [0.15, 0.2) is 0 Å². The lowest BCUT2D eigenvalue weighted by Crippen LogP contribution is -1.96. The Morgan fingerprint density at radius 3 is 2.94 bits per heavy atom. The monoisotopic (exact) mass is 235 g/mol. The van der Waals surface area contributed by atoms with E-state index in [4.69, 9.17) is 5.11 Å². The van der Waals surface area contributed by atoms with Gasteiger partial charge in [-0.1, -0.05) is 0 Å². The van der Waals surface area contributed by atoms with Gasteiger partial charge in [-0.15, -0.1) is 0 Å². The van der Waals surface area contributed by atoms with Crippen LogP contribution < -0.4 is 0 Å². The molecule has 0 amide bonds. The van der Waals surface area contributed by atoms with Crippen LogP contribution in [0.4, 0.5) is 4.39 Å². The molecule has 1 heterocycles. The van der Waals surface area contributed by atoms with Crippen molar-refractivity contribution < 1.29 is 14.3 Å². The van der Waals surface area contributed by atoms with E-state index < -0.39 is 5.97 Å². The van der Waals surface area contributed by atoms with E-state index in [9.17, 15) is 9.18 Å². The van der Waals surface area contributed by atoms with Crippen molar-refractivity contribution in [2.45, 2.75) is 26.2 Å². The van der Waals surface area contributed by atoms with E-state index in [0.29, 0.717) is 12.8 Å². The summed E-state index contributed by atoms with van der Waals surface area (Å²) in [6, 6.07) is 4.62. The van der Waals surface area contributed by atoms with Crippen LogP contribution in [0.3, 0.4) is 0 Å². The minimum Gasteiger partial charge on any atom is -0.481 e. The standard InChI is InChI=1S/C13H14FNO2/c1-8-10(3-2-4-13(16)17)11-7-9(14)5-6-12(11)15-8/h5-7,15H,2-4H2,1H3,(H,16,17). The van der Waals surface area contributed by atoms with E-state index >= 15 is 0 Å². The van der Waals surface area contributed by atoms with Crippen molar-refractivity contribution in [2.24, 2.45) is 0 Å². The number of carboxylic acid groups (broad SMARTS) is 1. The fourth-order valence-electron chi connectivity index (χ4n) is 2.09. The number of carboxylic acids is 1. The van der Waals surface area contributed by atoms with Crippen molar-refractivity contribution in [1.82, 2.24) is 4.98 Å². The second-order valence-electron chi connectivity index (χ2n) is 4.17. The molecular weight excluding hydrogens is 221 g/mol. The average molecular weight is 235 g/mol. The SMILES string of the molecule is Cc1[nH]c2ccc(F)cc2c1CCCC(=O)O. The molecule has 2 N–H and O–H groups in total. The fraction of sp³-hybridized carbons (Fsp3) is 0.308. The van der Waals surface area contributed by atoms with E-state index in [1.165, 1.54) is 12.1 Å². The van der Waals surface area contributed by atoms with Gasteiger partial charge in [-0.3, -0.25) is 4.79 Å². The van der Waals surface area contributed by atoms with Crippen molar-refractivity contribution in [2.75, 3.05) is 0 Å². The Labute approximate surface area is 98.3 Å². The molecule has 1 aromatic heterocycles. The van der Waals surface area contributed by atoms with Crippen LogP contribution in [0.15, 0.2) is 18.2 Å². The summed E-state index contributed by atoms with van der Waals surface area (Å²) < 4.78 is 13.2. The van der Waals surface area contributed by atoms with Crippen LogP contribution in [0, 0.1) is 12.7 Å². The van der Waals surface area contributed by atoms with E-state index in [1.807, 2.05) is 6.92 Å². The summed E-state index contributed by atoms with van der Waals surface area (Å²) >= 11 is 0. The summed E-state index contributed by atoms with van der Waals surface area (Å²) in [5.41, 5.74) is 2.89. The maximum atomic E-state index is 13.2. The normalized spacial score (nSPS) is 10.9. The first-order valence-electron chi connectivity index (χ1n) is 5.56. The van der Waals surface area contributed by atoms with Crippen LogP contribution in [0.5, 0.6) is 0 Å². The molecule has 0 radical (unpaired) electrons. The number of aliphatic carboxylic acids is 1. The summed E-state index contributed by atoms with van der Waals surface area (Å²) in [5.74, 6) is -1.07. The fourth-order valence-corrected chi connectivity index (χ4v) is 2.09. The first-order valence-corrected chi connectivity index (χ1v) is 5.56. The third kappa shape index (κ3) is 2.46. The van der Waals surface area contributed by atoms with Crippen LogP contribution in [0.2, 0.25) is 0 Å². The van der Waals surface area contributed by atoms with Crippen LogP contribution in [-0.2, 0) is 11.2 Å². The molecule has 0 aliphatic heterocycles. The zero-order valence-corrected chi connectivity index (χ0v) is 9.59. The summed E-state index contributed by atoms with van der Waals surface area (Å²) in [6.07, 6.45) is 1.36. The molecule has 90 valence electrons. The Hall–Kier alpha value is -1.84. The van der Waals surface area contributed by atoms with Gasteiger partial charge in [0, 0.05) is 23.0 Å². The van der Waals surface area contributed by atoms with E-state index in [1.54, 1.807) is 6.07 Å². The zero-order valence-electron chi connectivity index (χ0n) is 9.59. The number of nitrogens with one attached hydrogen (secondary N) is 1. The largest absolute Gasteiger partial charge is 0.481 e. The number of rotatable bonds is 4. The molecule has 17 heavy (non-hydrogen) atoms. The van der Waals surface area contributed by atoms with Crippen LogP contribution >= 0.6 is 0 Å². The first-order chi connectivity index (χ1) is 8.08. The molecule has 0 unspecified atom stereocenters. The summed E-state index contributed by atoms with van der Waals surface area (Å²) in [4.78, 5) is 13.6. The van der Waals surface area contributed by atoms with Crippen LogP contribution in [-0.4, -0.2) is 16.1 Å². The molecule has 3 nitrogen and oxygen atoms in total. The lowest BCUT2D eigenvalue weighted by molar-refractivity contribution is -0.137. The van der Waals surface area contributed by atoms with Gasteiger partial charge in [0.05, 0.1) is 0 Å². The number of halogens is 1. The number of hydrogen-bond acceptors (Lipinski definition) is 1. The van der Waals surface area contributed by atoms with E-state index in [-0.39, 0.29) is 12.2 Å². The van der Waals surface area contributed by atoms with Crippen molar-refractivity contribution >= 4 is 16.9 Å². The summed E-state index contributed by atoms with van der Waals surface area (Å²) in [6.45, 7) is 1.92. The molecule has 2 rings (SSSR count). The number of aromatic nitrogens is 1. The summed E-state index contributed by atoms with van der Waals surface area (Å²) in [5, 5.41) is 9.46. The molecule has 0 atom stereocenters. The quantitative estimate of drug-likeness (QED) is 0.855. The van der Waals surface area contributed by atoms with Crippen molar-refractivity contribution in [3.8, 4) is 0 Å². The second kappa shape index (κ2) is 4.57. The number of aryl methyl sites for hydroxylation is 2. The van der Waals surface area contributed by atoms with Crippen LogP contribution in [0.25, 0.3) is 10.9 Å². The highest BCUT2D eigenvalue weighted by Crippen LogP contribution is 2.24. The predicted octanol–water partition coefficient (Wildman–Crippen LogP) is 3.02. The Balaban J connectivity index is 2.28. The number of H-pyrrole nitrogens is 1. The highest BCUT2D eigenvalue weighted by atomic mass is 19.1. The maximum Gasteiger partial charge on any atom is 0.303 e. The van der Waals surface area contributed by atoms with Gasteiger partial charge < -0.3 is 10.1 Å². The zero-order chi connectivity index (χ0) is 12.4. The summed E-state index contributed by atoms with van der Waals surface area (Å²) in [7, 11) is 0. The molecule has 0 aliphatic rings. The van der Waals surface area contributed by atoms with E-state index in [2.05, 4.69) is 4.98 Å². The molecule has 1 aromatic carbocycles. The Morgan fingerprint density at radius 1 is 1.47 bits per heavy atom. The van der Waals surface area contributed by atoms with Crippen LogP contribution in [0.1, 0.15) is 24.1 Å². The van der Waals surface area contributed by atoms with Gasteiger partial charge in [-0.25, -0.2) is 4.39 Å². The maximum absolute atomic E-state index is 13.2. The first kappa shape index (κ1) is 11.6. The minimum atomic E-state index is -0.798. The molecule has 4 heteroatoms. The van der Waals surface area contributed by atoms with Crippen molar-refractivity contribution in [1.29, 1.82) is 0 Å². The number of aromatic amines is 1. The minimum absolute atomic E-state index is 0.140. The lowest BCUT2D eigenvalue weighted by Gasteiger charge is -2.00. The molecule has 0 bridgehead atoms. The highest BCUT2D eigenvalue weighted by molar-refractivity contribution is 5.84. The van der Waals surface area contributed by atoms with Gasteiger partial charge in [0.2, 0.25) is 0 Å².